The molecule has 0 spiro atoms. The number of hydrogen-bond donors (Lipinski definition) is 4. The van der Waals surface area contributed by atoms with Crippen molar-refractivity contribution < 1.29 is 20.4 Å². The molecule has 0 aromatic carbocycles. The maximum Gasteiger partial charge on any atom is 0.0824 e. The molecule has 4 heteroatoms. The molecule has 4 N–H and O–H groups in total. The molecule has 3 aliphatic carbocycles. The topological polar surface area (TPSA) is 80.9 Å². The molecule has 7 unspecified atom stereocenters. The molecule has 2 fully saturated rings. The number of fused-ring (bicyclic) bond motifs is 3. The Hall–Kier alpha value is -0.420. The molecule has 3 rings (SSSR count). The van der Waals surface area contributed by atoms with Gasteiger partial charge in [0.05, 0.1) is 25.4 Å². The third kappa shape index (κ3) is 2.49. The Morgan fingerprint density at radius 1 is 1.17 bits per heavy atom. The molecule has 0 aromatic rings. The second kappa shape index (κ2) is 6.08. The Kier molecular flexibility index (Phi) is 4.66. The fraction of sp³-hybridized carbons (Fsp3) is 0.900. The van der Waals surface area contributed by atoms with Gasteiger partial charge in [-0.2, -0.15) is 0 Å². The highest BCUT2D eigenvalue weighted by Crippen LogP contribution is 2.63. The zero-order valence-corrected chi connectivity index (χ0v) is 15.3. The highest BCUT2D eigenvalue weighted by Gasteiger charge is 2.56. The van der Waals surface area contributed by atoms with Crippen LogP contribution in [0.3, 0.4) is 0 Å². The van der Waals surface area contributed by atoms with E-state index in [0.29, 0.717) is 11.8 Å². The molecule has 0 aliphatic heterocycles. The van der Waals surface area contributed by atoms with Crippen molar-refractivity contribution in [3.05, 3.63) is 11.6 Å². The summed E-state index contributed by atoms with van der Waals surface area (Å²) < 4.78 is 0. The van der Waals surface area contributed by atoms with Gasteiger partial charge in [-0.15, -0.1) is 0 Å². The molecule has 7 atom stereocenters. The molecule has 138 valence electrons. The highest BCUT2D eigenvalue weighted by atomic mass is 16.3. The minimum absolute atomic E-state index is 0.00180. The van der Waals surface area contributed by atoms with Crippen LogP contribution < -0.4 is 0 Å². The van der Waals surface area contributed by atoms with Crippen LogP contribution in [0, 0.1) is 28.1 Å². The number of hydrogen-bond acceptors (Lipinski definition) is 4. The molecule has 0 heterocycles. The summed E-state index contributed by atoms with van der Waals surface area (Å²) in [5, 5.41) is 40.1. The molecular formula is C20H34O4. The number of aliphatic hydroxyl groups is 4. The molecule has 0 amide bonds. The van der Waals surface area contributed by atoms with E-state index < -0.39 is 17.6 Å². The lowest BCUT2D eigenvalue weighted by atomic mass is 9.46. The Labute approximate surface area is 145 Å². The van der Waals surface area contributed by atoms with Gasteiger partial charge in [0.1, 0.15) is 0 Å². The van der Waals surface area contributed by atoms with E-state index >= 15 is 0 Å². The van der Waals surface area contributed by atoms with Crippen LogP contribution in [-0.4, -0.2) is 45.8 Å². The van der Waals surface area contributed by atoms with Crippen LogP contribution in [-0.2, 0) is 0 Å². The van der Waals surface area contributed by atoms with Gasteiger partial charge in [-0.3, -0.25) is 0 Å². The lowest BCUT2D eigenvalue weighted by Crippen LogP contribution is -2.54. The van der Waals surface area contributed by atoms with Gasteiger partial charge in [0.25, 0.3) is 0 Å². The first-order valence-corrected chi connectivity index (χ1v) is 9.49. The fourth-order valence-electron chi connectivity index (χ4n) is 5.91. The van der Waals surface area contributed by atoms with E-state index in [2.05, 4.69) is 19.9 Å². The number of aliphatic hydroxyl groups excluding tert-OH is 4. The van der Waals surface area contributed by atoms with Crippen molar-refractivity contribution >= 4 is 0 Å². The Bertz CT molecular complexity index is 518. The predicted octanol–water partition coefficient (Wildman–Crippen LogP) is 2.25. The normalized spacial score (nSPS) is 49.8. The lowest BCUT2D eigenvalue weighted by Gasteiger charge is -2.60. The van der Waals surface area contributed by atoms with Crippen molar-refractivity contribution in [3.8, 4) is 0 Å². The average Bonchev–Trinajstić information content (AvgIpc) is 2.58. The molecule has 3 aliphatic rings. The fourth-order valence-corrected chi connectivity index (χ4v) is 5.91. The quantitative estimate of drug-likeness (QED) is 0.595. The van der Waals surface area contributed by atoms with Crippen LogP contribution in [0.1, 0.15) is 59.3 Å². The minimum atomic E-state index is -0.650. The molecule has 24 heavy (non-hydrogen) atoms. The number of rotatable bonds is 3. The number of allylic oxidation sites excluding steroid dienone is 1. The third-order valence-electron chi connectivity index (χ3n) is 8.10. The van der Waals surface area contributed by atoms with Crippen molar-refractivity contribution in [3.63, 3.8) is 0 Å². The largest absolute Gasteiger partial charge is 0.395 e. The van der Waals surface area contributed by atoms with E-state index in [9.17, 15) is 20.4 Å². The Balaban J connectivity index is 1.92. The summed E-state index contributed by atoms with van der Waals surface area (Å²) in [6.45, 7) is 6.31. The van der Waals surface area contributed by atoms with Gasteiger partial charge in [-0.25, -0.2) is 0 Å². The summed E-state index contributed by atoms with van der Waals surface area (Å²) in [6, 6.07) is 0. The molecule has 2 saturated carbocycles. The monoisotopic (exact) mass is 338 g/mol. The summed E-state index contributed by atoms with van der Waals surface area (Å²) in [6.07, 6.45) is 6.72. The highest BCUT2D eigenvalue weighted by molar-refractivity contribution is 5.29. The van der Waals surface area contributed by atoms with E-state index in [0.717, 1.165) is 38.5 Å². The van der Waals surface area contributed by atoms with Gasteiger partial charge in [0.2, 0.25) is 0 Å². The maximum absolute atomic E-state index is 10.5. The standard InChI is InChI=1S/C20H34O4/c1-18(17(24)11-21)8-9-19(2)13(10-18)4-5-15-14(19)6-7-16(23)20(15,3)12-22/h5,13-14,16-17,21-24H,4,6-12H2,1-3H3. The second-order valence-corrected chi connectivity index (χ2v) is 9.38. The van der Waals surface area contributed by atoms with Crippen LogP contribution in [0.15, 0.2) is 11.6 Å². The molecule has 0 aromatic heterocycles. The molecule has 0 radical (unpaired) electrons. The zero-order chi connectivity index (χ0) is 17.8. The lowest BCUT2D eigenvalue weighted by molar-refractivity contribution is -0.104. The van der Waals surface area contributed by atoms with Crippen molar-refractivity contribution in [2.24, 2.45) is 28.1 Å². The first-order valence-electron chi connectivity index (χ1n) is 9.49. The summed E-state index contributed by atoms with van der Waals surface area (Å²) in [4.78, 5) is 0. The van der Waals surface area contributed by atoms with Crippen LogP contribution in [0.4, 0.5) is 0 Å². The van der Waals surface area contributed by atoms with E-state index in [1.807, 2.05) is 6.92 Å². The van der Waals surface area contributed by atoms with Crippen LogP contribution in [0.2, 0.25) is 0 Å². The van der Waals surface area contributed by atoms with Crippen molar-refractivity contribution in [1.82, 2.24) is 0 Å². The summed E-state index contributed by atoms with van der Waals surface area (Å²) in [7, 11) is 0. The first kappa shape index (κ1) is 18.4. The second-order valence-electron chi connectivity index (χ2n) is 9.38. The van der Waals surface area contributed by atoms with Gasteiger partial charge in [0, 0.05) is 5.41 Å². The third-order valence-corrected chi connectivity index (χ3v) is 8.10. The molecular weight excluding hydrogens is 304 g/mol. The Morgan fingerprint density at radius 2 is 1.88 bits per heavy atom. The van der Waals surface area contributed by atoms with Crippen LogP contribution >= 0.6 is 0 Å². The first-order chi connectivity index (χ1) is 11.2. The minimum Gasteiger partial charge on any atom is -0.395 e. The van der Waals surface area contributed by atoms with Gasteiger partial charge < -0.3 is 20.4 Å². The van der Waals surface area contributed by atoms with Gasteiger partial charge in [-0.05, 0) is 61.2 Å². The summed E-state index contributed by atoms with van der Waals surface area (Å²) in [5.41, 5.74) is 0.699. The van der Waals surface area contributed by atoms with Crippen LogP contribution in [0.5, 0.6) is 0 Å². The predicted molar refractivity (Wildman–Crippen MR) is 93.3 cm³/mol. The SMILES string of the molecule is CC1(C(O)CO)CCC2(C)C(CC=C3C2CCC(O)C3(C)CO)C1. The van der Waals surface area contributed by atoms with Gasteiger partial charge >= 0.3 is 0 Å². The van der Waals surface area contributed by atoms with Crippen molar-refractivity contribution in [1.29, 1.82) is 0 Å². The van der Waals surface area contributed by atoms with E-state index in [1.165, 1.54) is 5.57 Å². The van der Waals surface area contributed by atoms with E-state index in [1.54, 1.807) is 0 Å². The maximum atomic E-state index is 10.5. The zero-order valence-electron chi connectivity index (χ0n) is 15.3. The van der Waals surface area contributed by atoms with Crippen LogP contribution in [0.25, 0.3) is 0 Å². The van der Waals surface area contributed by atoms with E-state index in [4.69, 9.17) is 0 Å². The van der Waals surface area contributed by atoms with Crippen molar-refractivity contribution in [2.75, 3.05) is 13.2 Å². The van der Waals surface area contributed by atoms with Crippen molar-refractivity contribution in [2.45, 2.75) is 71.5 Å². The smallest absolute Gasteiger partial charge is 0.0824 e. The van der Waals surface area contributed by atoms with E-state index in [-0.39, 0.29) is 24.0 Å². The van der Waals surface area contributed by atoms with Gasteiger partial charge in [-0.1, -0.05) is 32.4 Å². The molecule has 0 saturated heterocycles. The molecule has 4 nitrogen and oxygen atoms in total. The molecule has 0 bridgehead atoms. The Morgan fingerprint density at radius 3 is 2.50 bits per heavy atom. The average molecular weight is 338 g/mol. The van der Waals surface area contributed by atoms with Gasteiger partial charge in [0.15, 0.2) is 0 Å². The summed E-state index contributed by atoms with van der Waals surface area (Å²) >= 11 is 0. The summed E-state index contributed by atoms with van der Waals surface area (Å²) in [5.74, 6) is 0.900.